The van der Waals surface area contributed by atoms with Crippen molar-refractivity contribution in [1.82, 2.24) is 0 Å². The topological polar surface area (TPSA) is 71.4 Å². The largest absolute Gasteiger partial charge is 0.400 e. The zero-order valence-corrected chi connectivity index (χ0v) is 13.6. The van der Waals surface area contributed by atoms with Gasteiger partial charge in [-0.05, 0) is 52.7 Å². The second-order valence-corrected chi connectivity index (χ2v) is 5.80. The first-order valence-electron chi connectivity index (χ1n) is 6.27. The molecule has 0 aromatic carbocycles. The lowest BCUT2D eigenvalue weighted by molar-refractivity contribution is -0.146. The van der Waals surface area contributed by atoms with E-state index in [0.29, 0.717) is 11.1 Å². The number of aliphatic hydroxyl groups is 1. The number of hydrogen-bond acceptors (Lipinski definition) is 4. The molecule has 0 aromatic heterocycles. The summed E-state index contributed by atoms with van der Waals surface area (Å²) in [6.45, 7) is 16.4. The van der Waals surface area contributed by atoms with Crippen LogP contribution in [0.3, 0.4) is 0 Å². The van der Waals surface area contributed by atoms with E-state index in [0.717, 1.165) is 7.11 Å². The van der Waals surface area contributed by atoms with Crippen molar-refractivity contribution in [2.45, 2.75) is 41.5 Å². The maximum Gasteiger partial charge on any atom is 0.170 e. The zero-order chi connectivity index (χ0) is 16.9. The average molecular weight is 282 g/mol. The Hall–Kier alpha value is -1.55. The van der Waals surface area contributed by atoms with Gasteiger partial charge in [-0.3, -0.25) is 14.4 Å². The minimum Gasteiger partial charge on any atom is -0.400 e. The summed E-state index contributed by atoms with van der Waals surface area (Å²) in [6.07, 6.45) is 0. The molecule has 0 spiro atoms. The van der Waals surface area contributed by atoms with Crippen LogP contribution in [0.1, 0.15) is 41.5 Å². The number of Topliss-reactive ketones (excluding diaryl/α,β-unsaturated/α-hetero) is 3. The van der Waals surface area contributed by atoms with Gasteiger partial charge in [0.05, 0.1) is 10.8 Å². The van der Waals surface area contributed by atoms with Gasteiger partial charge >= 0.3 is 0 Å². The van der Waals surface area contributed by atoms with E-state index in [1.54, 1.807) is 13.8 Å². The van der Waals surface area contributed by atoms with Gasteiger partial charge in [-0.15, -0.1) is 0 Å². The second-order valence-electron chi connectivity index (χ2n) is 5.80. The number of carbonyl (C=O) groups is 3. The molecule has 0 amide bonds. The van der Waals surface area contributed by atoms with Crippen molar-refractivity contribution in [3.05, 3.63) is 24.3 Å². The highest BCUT2D eigenvalue weighted by molar-refractivity contribution is 6.22. The Labute approximate surface area is 121 Å². The van der Waals surface area contributed by atoms with Gasteiger partial charge in [0, 0.05) is 7.11 Å². The number of rotatable bonds is 6. The third-order valence-corrected chi connectivity index (χ3v) is 3.05. The van der Waals surface area contributed by atoms with Crippen molar-refractivity contribution in [3.63, 3.8) is 0 Å². The van der Waals surface area contributed by atoms with Crippen molar-refractivity contribution in [3.8, 4) is 0 Å². The van der Waals surface area contributed by atoms with Gasteiger partial charge in [0.1, 0.15) is 0 Å². The van der Waals surface area contributed by atoms with E-state index in [1.165, 1.54) is 27.7 Å². The summed E-state index contributed by atoms with van der Waals surface area (Å²) in [5.74, 6) is -1.08. The summed E-state index contributed by atoms with van der Waals surface area (Å²) in [5.41, 5.74) is -1.88. The van der Waals surface area contributed by atoms with Crippen LogP contribution >= 0.6 is 0 Å². The quantitative estimate of drug-likeness (QED) is 0.600. The minimum atomic E-state index is -1.25. The molecule has 0 atom stereocenters. The fourth-order valence-electron chi connectivity index (χ4n) is 2.05. The van der Waals surface area contributed by atoms with Crippen LogP contribution in [-0.4, -0.2) is 29.6 Å². The van der Waals surface area contributed by atoms with Crippen LogP contribution in [0, 0.1) is 10.8 Å². The molecule has 0 aliphatic carbocycles. The second kappa shape index (κ2) is 7.29. The molecule has 20 heavy (non-hydrogen) atoms. The highest BCUT2D eigenvalue weighted by atomic mass is 16.2. The third kappa shape index (κ3) is 4.23. The standard InChI is InChI=1S/C15H22O3.CH4O/c1-9(2)11(16)14(5,6)13(18)15(7,8)12(17)10(3)4;1-2/h1,3H2,2,4-8H3;2H,1H3. The Morgan fingerprint density at radius 1 is 0.750 bits per heavy atom. The van der Waals surface area contributed by atoms with Crippen LogP contribution in [0.2, 0.25) is 0 Å². The van der Waals surface area contributed by atoms with Crippen molar-refractivity contribution < 1.29 is 19.5 Å². The van der Waals surface area contributed by atoms with Crippen molar-refractivity contribution in [1.29, 1.82) is 0 Å². The molecule has 0 saturated carbocycles. The lowest BCUT2D eigenvalue weighted by atomic mass is 9.67. The van der Waals surface area contributed by atoms with Gasteiger partial charge in [-0.25, -0.2) is 0 Å². The average Bonchev–Trinajstić information content (AvgIpc) is 2.37. The van der Waals surface area contributed by atoms with Gasteiger partial charge in [-0.2, -0.15) is 0 Å². The van der Waals surface area contributed by atoms with Crippen LogP contribution in [0.25, 0.3) is 0 Å². The smallest absolute Gasteiger partial charge is 0.170 e. The summed E-state index contributed by atoms with van der Waals surface area (Å²) in [7, 11) is 1.00. The van der Waals surface area contributed by atoms with Gasteiger partial charge in [0.15, 0.2) is 17.3 Å². The first-order valence-corrected chi connectivity index (χ1v) is 6.27. The van der Waals surface area contributed by atoms with Crippen LogP contribution in [0.15, 0.2) is 24.3 Å². The molecular formula is C16H26O4. The Morgan fingerprint density at radius 2 is 0.950 bits per heavy atom. The normalized spacial score (nSPS) is 11.0. The zero-order valence-electron chi connectivity index (χ0n) is 13.6. The number of hydrogen-bond donors (Lipinski definition) is 1. The van der Waals surface area contributed by atoms with E-state index in [9.17, 15) is 14.4 Å². The molecular weight excluding hydrogens is 256 g/mol. The molecule has 0 fully saturated rings. The summed E-state index contributed by atoms with van der Waals surface area (Å²) in [5, 5.41) is 7.00. The maximum atomic E-state index is 12.5. The molecule has 0 heterocycles. The van der Waals surface area contributed by atoms with Crippen molar-refractivity contribution in [2.75, 3.05) is 7.11 Å². The molecule has 0 saturated heterocycles. The van der Waals surface area contributed by atoms with Crippen LogP contribution in [-0.2, 0) is 14.4 Å². The fraction of sp³-hybridized carbons (Fsp3) is 0.562. The Kier molecular flexibility index (Phi) is 7.57. The number of ketones is 3. The van der Waals surface area contributed by atoms with Gasteiger partial charge in [0.25, 0.3) is 0 Å². The SMILES string of the molecule is C=C(C)C(=O)C(C)(C)C(=O)C(C)(C)C(=O)C(=C)C.CO. The van der Waals surface area contributed by atoms with E-state index in [1.807, 2.05) is 0 Å². The third-order valence-electron chi connectivity index (χ3n) is 3.05. The molecule has 0 rings (SSSR count). The molecule has 0 bridgehead atoms. The lowest BCUT2D eigenvalue weighted by Crippen LogP contribution is -2.46. The van der Waals surface area contributed by atoms with E-state index in [2.05, 4.69) is 13.2 Å². The van der Waals surface area contributed by atoms with E-state index >= 15 is 0 Å². The Balaban J connectivity index is 0. The molecule has 0 aliphatic heterocycles. The summed E-state index contributed by atoms with van der Waals surface area (Å²) in [6, 6.07) is 0. The molecule has 0 unspecified atom stereocenters. The van der Waals surface area contributed by atoms with E-state index in [-0.39, 0.29) is 11.6 Å². The highest BCUT2D eigenvalue weighted by Crippen LogP contribution is 2.34. The Bertz CT molecular complexity index is 399. The van der Waals surface area contributed by atoms with E-state index < -0.39 is 16.6 Å². The van der Waals surface area contributed by atoms with Gasteiger partial charge < -0.3 is 5.11 Å². The van der Waals surface area contributed by atoms with Gasteiger partial charge in [-0.1, -0.05) is 13.2 Å². The lowest BCUT2D eigenvalue weighted by Gasteiger charge is -2.31. The predicted molar refractivity (Wildman–Crippen MR) is 80.4 cm³/mol. The molecule has 114 valence electrons. The summed E-state index contributed by atoms with van der Waals surface area (Å²) >= 11 is 0. The fourth-order valence-corrected chi connectivity index (χ4v) is 2.05. The molecule has 0 radical (unpaired) electrons. The monoisotopic (exact) mass is 282 g/mol. The van der Waals surface area contributed by atoms with E-state index in [4.69, 9.17) is 5.11 Å². The van der Waals surface area contributed by atoms with Crippen LogP contribution in [0.4, 0.5) is 0 Å². The molecule has 4 heteroatoms. The maximum absolute atomic E-state index is 12.5. The molecule has 0 aromatic rings. The number of aliphatic hydroxyl groups excluding tert-OH is 1. The summed E-state index contributed by atoms with van der Waals surface area (Å²) in [4.78, 5) is 36.4. The highest BCUT2D eigenvalue weighted by Gasteiger charge is 2.47. The number of carbonyl (C=O) groups excluding carboxylic acids is 3. The molecule has 1 N–H and O–H groups in total. The van der Waals surface area contributed by atoms with Crippen LogP contribution in [0.5, 0.6) is 0 Å². The molecule has 0 aliphatic rings. The Morgan fingerprint density at radius 3 is 1.10 bits per heavy atom. The van der Waals surface area contributed by atoms with Gasteiger partial charge in [0.2, 0.25) is 0 Å². The van der Waals surface area contributed by atoms with Crippen molar-refractivity contribution >= 4 is 17.3 Å². The molecule has 4 nitrogen and oxygen atoms in total. The number of allylic oxidation sites excluding steroid dienone is 2. The first-order chi connectivity index (χ1) is 8.86. The minimum absolute atomic E-state index is 0.312. The first kappa shape index (κ1) is 20.8. The predicted octanol–water partition coefficient (Wildman–Crippen LogP) is 2.51. The summed E-state index contributed by atoms with van der Waals surface area (Å²) < 4.78 is 0. The van der Waals surface area contributed by atoms with Crippen molar-refractivity contribution in [2.24, 2.45) is 10.8 Å². The van der Waals surface area contributed by atoms with Crippen LogP contribution < -0.4 is 0 Å².